The lowest BCUT2D eigenvalue weighted by Crippen LogP contribution is -2.53. The summed E-state index contributed by atoms with van der Waals surface area (Å²) < 4.78 is 8.08. The number of rotatable bonds is 12. The van der Waals surface area contributed by atoms with E-state index in [1.165, 1.54) is 22.9 Å². The fourth-order valence-corrected chi connectivity index (χ4v) is 7.51. The first-order valence-corrected chi connectivity index (χ1v) is 17.2. The Morgan fingerprint density at radius 2 is 1.88 bits per heavy atom. The van der Waals surface area contributed by atoms with Crippen molar-refractivity contribution in [3.8, 4) is 5.75 Å². The molecule has 2 amide bonds. The molecule has 2 aromatic carbocycles. The molecule has 3 aliphatic heterocycles. The number of carbonyl (C=O) groups is 3. The highest BCUT2D eigenvalue weighted by Crippen LogP contribution is 2.32. The van der Waals surface area contributed by atoms with E-state index in [0.717, 1.165) is 56.7 Å². The highest BCUT2D eigenvalue weighted by Gasteiger charge is 2.36. The molecule has 13 heteroatoms. The van der Waals surface area contributed by atoms with Gasteiger partial charge in [-0.2, -0.15) is 5.10 Å². The fraction of sp³-hybridized carbons (Fsp3) is 0.457. The highest BCUT2D eigenvalue weighted by atomic mass is 79.9. The van der Waals surface area contributed by atoms with Crippen LogP contribution in [0.2, 0.25) is 0 Å². The number of hydrogen-bond donors (Lipinski definition) is 2. The van der Waals surface area contributed by atoms with E-state index in [9.17, 15) is 19.2 Å². The Bertz CT molecular complexity index is 1730. The number of carbonyl (C=O) groups excluding carboxylic acids is 3. The number of benzene rings is 2. The maximum atomic E-state index is 13.1. The van der Waals surface area contributed by atoms with Crippen LogP contribution in [0.1, 0.15) is 52.2 Å². The van der Waals surface area contributed by atoms with E-state index in [1.807, 2.05) is 12.1 Å². The van der Waals surface area contributed by atoms with Crippen molar-refractivity contribution in [1.82, 2.24) is 29.8 Å². The Labute approximate surface area is 288 Å². The number of anilines is 1. The fourth-order valence-electron chi connectivity index (χ4n) is 7.03. The van der Waals surface area contributed by atoms with Gasteiger partial charge < -0.3 is 30.0 Å². The lowest BCUT2D eigenvalue weighted by atomic mass is 9.87. The molecule has 0 bridgehead atoms. The van der Waals surface area contributed by atoms with Crippen LogP contribution in [0.3, 0.4) is 0 Å². The molecule has 3 atom stereocenters. The zero-order valence-electron chi connectivity index (χ0n) is 27.5. The highest BCUT2D eigenvalue weighted by molar-refractivity contribution is 9.10. The van der Waals surface area contributed by atoms with Crippen LogP contribution in [0, 0.1) is 0 Å². The van der Waals surface area contributed by atoms with Crippen molar-refractivity contribution in [2.24, 2.45) is 7.05 Å². The van der Waals surface area contributed by atoms with Gasteiger partial charge >= 0.3 is 0 Å². The van der Waals surface area contributed by atoms with Crippen molar-refractivity contribution in [2.75, 3.05) is 45.6 Å². The molecule has 4 heterocycles. The molecule has 2 N–H and O–H groups in total. The van der Waals surface area contributed by atoms with E-state index in [1.54, 1.807) is 24.2 Å². The van der Waals surface area contributed by atoms with E-state index in [0.29, 0.717) is 28.2 Å². The van der Waals surface area contributed by atoms with Crippen molar-refractivity contribution >= 4 is 39.7 Å². The number of nitrogens with one attached hydrogen (secondary N) is 2. The molecule has 2 saturated heterocycles. The number of aromatic nitrogens is 2. The summed E-state index contributed by atoms with van der Waals surface area (Å²) >= 11 is 3.43. The second-order valence-electron chi connectivity index (χ2n) is 13.1. The van der Waals surface area contributed by atoms with Crippen molar-refractivity contribution in [3.05, 3.63) is 85.7 Å². The predicted molar refractivity (Wildman–Crippen MR) is 185 cm³/mol. The van der Waals surface area contributed by atoms with Crippen molar-refractivity contribution in [1.29, 1.82) is 0 Å². The molecular formula is C35H42BrN7O5. The quantitative estimate of drug-likeness (QED) is 0.272. The molecule has 12 nitrogen and oxygen atoms in total. The summed E-state index contributed by atoms with van der Waals surface area (Å²) in [7, 11) is 5.31. The van der Waals surface area contributed by atoms with Gasteiger partial charge in [-0.15, -0.1) is 0 Å². The second-order valence-corrected chi connectivity index (χ2v) is 13.9. The van der Waals surface area contributed by atoms with Gasteiger partial charge in [0.2, 0.25) is 5.91 Å². The number of amides is 2. The number of fused-ring (bicyclic) bond motifs is 1. The molecule has 0 aliphatic carbocycles. The summed E-state index contributed by atoms with van der Waals surface area (Å²) in [5.41, 5.74) is 4.52. The number of ether oxygens (including phenoxy) is 1. The number of piperidine rings is 1. The molecule has 3 aliphatic rings. The van der Waals surface area contributed by atoms with Gasteiger partial charge in [-0.05, 0) is 76.6 Å². The average Bonchev–Trinajstić information content (AvgIpc) is 3.39. The lowest BCUT2D eigenvalue weighted by Gasteiger charge is -2.39. The average molecular weight is 721 g/mol. The smallest absolute Gasteiger partial charge is 0.282 e. The van der Waals surface area contributed by atoms with Gasteiger partial charge in [0.15, 0.2) is 0 Å². The number of halogens is 1. The molecule has 3 aromatic rings. The van der Waals surface area contributed by atoms with Crippen LogP contribution in [0.5, 0.6) is 5.75 Å². The lowest BCUT2D eigenvalue weighted by molar-refractivity contribution is -0.125. The topological polar surface area (TPSA) is 129 Å². The second kappa shape index (κ2) is 14.6. The summed E-state index contributed by atoms with van der Waals surface area (Å²) in [6, 6.07) is 13.9. The van der Waals surface area contributed by atoms with Crippen LogP contribution in [-0.2, 0) is 29.7 Å². The Hall–Kier alpha value is -4.07. The number of hydrogen-bond acceptors (Lipinski definition) is 9. The monoisotopic (exact) mass is 719 g/mol. The van der Waals surface area contributed by atoms with E-state index >= 15 is 0 Å². The Morgan fingerprint density at radius 3 is 2.60 bits per heavy atom. The molecule has 6 rings (SSSR count). The van der Waals surface area contributed by atoms with Crippen LogP contribution in [0.15, 0.2) is 57.9 Å². The van der Waals surface area contributed by atoms with E-state index < -0.39 is 6.04 Å². The van der Waals surface area contributed by atoms with Crippen molar-refractivity contribution < 1.29 is 19.1 Å². The summed E-state index contributed by atoms with van der Waals surface area (Å²) in [5, 5.41) is 10.3. The van der Waals surface area contributed by atoms with E-state index in [-0.39, 0.29) is 42.4 Å². The first-order chi connectivity index (χ1) is 23.1. The molecule has 0 spiro atoms. The minimum atomic E-state index is -0.686. The van der Waals surface area contributed by atoms with Gasteiger partial charge in [-0.1, -0.05) is 24.3 Å². The normalized spacial score (nSPS) is 20.6. The Kier molecular flexibility index (Phi) is 10.3. The molecule has 3 unspecified atom stereocenters. The van der Waals surface area contributed by atoms with Crippen molar-refractivity contribution in [2.45, 2.75) is 56.5 Å². The third kappa shape index (κ3) is 7.32. The molecule has 0 radical (unpaired) electrons. The molecule has 2 fully saturated rings. The number of likely N-dealkylation sites (N-methyl/N-ethyl adjacent to an activating group) is 2. The molecular weight excluding hydrogens is 678 g/mol. The van der Waals surface area contributed by atoms with Crippen LogP contribution >= 0.6 is 15.9 Å². The van der Waals surface area contributed by atoms with Crippen LogP contribution < -0.4 is 20.9 Å². The zero-order valence-corrected chi connectivity index (χ0v) is 29.1. The van der Waals surface area contributed by atoms with Gasteiger partial charge in [0.05, 0.1) is 11.9 Å². The van der Waals surface area contributed by atoms with E-state index in [2.05, 4.69) is 72.8 Å². The summed E-state index contributed by atoms with van der Waals surface area (Å²) in [4.78, 5) is 55.0. The minimum Gasteiger partial charge on any atom is -0.488 e. The molecule has 0 saturated carbocycles. The summed E-state index contributed by atoms with van der Waals surface area (Å²) in [6.07, 6.45) is 3.99. The van der Waals surface area contributed by atoms with Crippen LogP contribution in [0.25, 0.3) is 0 Å². The summed E-state index contributed by atoms with van der Waals surface area (Å²) in [6.45, 7) is 4.63. The standard InChI is InChI=1S/C35H42BrN7O5/c1-37-33(45)31(5-4-12-44)43-18-25-14-27(10-11-29(25)34(43)46)48-28-20-42(21-28)16-22-6-8-23(9-7-22)24-13-26(19-40(2)17-24)39-30-15-38-41(3)35(47)32(30)36/h6-12,14-15,24,26,28,31,39H,4-5,13,16-21H2,1-3H3,(H,37,45). The minimum absolute atomic E-state index is 0.0593. The van der Waals surface area contributed by atoms with Gasteiger partial charge in [0, 0.05) is 71.4 Å². The SMILES string of the molecule is CNC(=O)C(CCC=O)N1Cc2cc(OC3CN(Cc4ccc(C5CC(Nc6cnn(C)c(=O)c6Br)CN(C)C5)cc4)C3)ccc2C1=O. The zero-order chi connectivity index (χ0) is 33.9. The van der Waals surface area contributed by atoms with Crippen LogP contribution in [0.4, 0.5) is 5.69 Å². The third-order valence-corrected chi connectivity index (χ3v) is 10.3. The molecule has 1 aromatic heterocycles. The number of aldehydes is 1. The first-order valence-electron chi connectivity index (χ1n) is 16.4. The number of aryl methyl sites for hydroxylation is 1. The van der Waals surface area contributed by atoms with Gasteiger partial charge in [0.1, 0.15) is 28.7 Å². The predicted octanol–water partition coefficient (Wildman–Crippen LogP) is 2.76. The van der Waals surface area contributed by atoms with Gasteiger partial charge in [-0.3, -0.25) is 19.3 Å². The summed E-state index contributed by atoms with van der Waals surface area (Å²) in [5.74, 6) is 0.614. The maximum absolute atomic E-state index is 13.1. The van der Waals surface area contributed by atoms with Gasteiger partial charge in [-0.25, -0.2) is 4.68 Å². The Morgan fingerprint density at radius 1 is 1.10 bits per heavy atom. The van der Waals surface area contributed by atoms with Crippen molar-refractivity contribution in [3.63, 3.8) is 0 Å². The largest absolute Gasteiger partial charge is 0.488 e. The number of nitrogens with zero attached hydrogens (tertiary/aromatic N) is 5. The molecule has 254 valence electrons. The third-order valence-electron chi connectivity index (χ3n) is 9.55. The molecule has 48 heavy (non-hydrogen) atoms. The van der Waals surface area contributed by atoms with Gasteiger partial charge in [0.25, 0.3) is 11.5 Å². The number of likely N-dealkylation sites (tertiary alicyclic amines) is 2. The first kappa shape index (κ1) is 33.8. The Balaban J connectivity index is 0.994. The maximum Gasteiger partial charge on any atom is 0.282 e. The van der Waals surface area contributed by atoms with Crippen LogP contribution in [-0.4, -0.2) is 101 Å². The van der Waals surface area contributed by atoms with E-state index in [4.69, 9.17) is 4.74 Å².